The van der Waals surface area contributed by atoms with Crippen LogP contribution >= 0.6 is 0 Å². The zero-order valence-corrected chi connectivity index (χ0v) is 8.55. The maximum absolute atomic E-state index is 10.6. The summed E-state index contributed by atoms with van der Waals surface area (Å²) in [7, 11) is 0. The molecule has 2 heteroatoms. The van der Waals surface area contributed by atoms with Crippen LogP contribution in [0, 0.1) is 11.3 Å². The molecule has 0 fully saturated rings. The minimum Gasteiger partial charge on any atom is -0.481 e. The second kappa shape index (κ2) is 4.48. The molecule has 0 heterocycles. The van der Waals surface area contributed by atoms with Gasteiger partial charge in [0.25, 0.3) is 0 Å². The maximum Gasteiger partial charge on any atom is 0.306 e. The van der Waals surface area contributed by atoms with Crippen LogP contribution in [0.2, 0.25) is 0 Å². The Kier molecular flexibility index (Phi) is 4.29. The van der Waals surface area contributed by atoms with Gasteiger partial charge in [-0.2, -0.15) is 0 Å². The molecule has 0 aliphatic heterocycles. The van der Waals surface area contributed by atoms with Gasteiger partial charge in [-0.3, -0.25) is 4.79 Å². The third-order valence-corrected chi connectivity index (χ3v) is 2.93. The van der Waals surface area contributed by atoms with E-state index in [0.29, 0.717) is 0 Å². The molecule has 0 saturated heterocycles. The lowest BCUT2D eigenvalue weighted by Gasteiger charge is -2.28. The van der Waals surface area contributed by atoms with Crippen molar-refractivity contribution in [1.29, 1.82) is 0 Å². The Balaban J connectivity index is 4.11. The molecule has 2 nitrogen and oxygen atoms in total. The van der Waals surface area contributed by atoms with Gasteiger partial charge in [-0.1, -0.05) is 40.5 Å². The molecule has 12 heavy (non-hydrogen) atoms. The Bertz CT molecular complexity index is 148. The molecule has 0 radical (unpaired) electrons. The molecule has 0 aliphatic rings. The number of hydrogen-bond donors (Lipinski definition) is 1. The number of carboxylic acid groups (broad SMARTS) is 1. The van der Waals surface area contributed by atoms with Gasteiger partial charge in [-0.15, -0.1) is 0 Å². The van der Waals surface area contributed by atoms with E-state index in [1.165, 1.54) is 0 Å². The molecule has 0 aromatic rings. The summed E-state index contributed by atoms with van der Waals surface area (Å²) in [6, 6.07) is 0. The van der Waals surface area contributed by atoms with Gasteiger partial charge in [0.15, 0.2) is 0 Å². The topological polar surface area (TPSA) is 37.3 Å². The van der Waals surface area contributed by atoms with E-state index in [2.05, 4.69) is 20.8 Å². The van der Waals surface area contributed by atoms with Crippen molar-refractivity contribution in [2.45, 2.75) is 47.0 Å². The van der Waals surface area contributed by atoms with Crippen molar-refractivity contribution in [3.8, 4) is 0 Å². The van der Waals surface area contributed by atoms with Crippen LogP contribution in [0.25, 0.3) is 0 Å². The lowest BCUT2D eigenvalue weighted by molar-refractivity contribution is -0.142. The van der Waals surface area contributed by atoms with Crippen LogP contribution in [-0.4, -0.2) is 11.1 Å². The van der Waals surface area contributed by atoms with Crippen LogP contribution in [0.1, 0.15) is 47.0 Å². The molecule has 0 amide bonds. The summed E-state index contributed by atoms with van der Waals surface area (Å²) >= 11 is 0. The largest absolute Gasteiger partial charge is 0.481 e. The van der Waals surface area contributed by atoms with Crippen LogP contribution in [0.15, 0.2) is 0 Å². The van der Waals surface area contributed by atoms with E-state index >= 15 is 0 Å². The van der Waals surface area contributed by atoms with E-state index in [4.69, 9.17) is 5.11 Å². The summed E-state index contributed by atoms with van der Waals surface area (Å²) in [6.45, 7) is 8.19. The number of rotatable bonds is 5. The lowest BCUT2D eigenvalue weighted by atomic mass is 9.77. The number of carboxylic acids is 1. The zero-order valence-electron chi connectivity index (χ0n) is 8.55. The first-order valence-electron chi connectivity index (χ1n) is 4.68. The minimum absolute atomic E-state index is 0.206. The molecule has 0 saturated carbocycles. The van der Waals surface area contributed by atoms with Crippen LogP contribution < -0.4 is 0 Å². The zero-order chi connectivity index (χ0) is 9.78. The summed E-state index contributed by atoms with van der Waals surface area (Å²) in [4.78, 5) is 10.6. The highest BCUT2D eigenvalue weighted by Gasteiger charge is 2.25. The molecular weight excluding hydrogens is 152 g/mol. The highest BCUT2D eigenvalue weighted by Crippen LogP contribution is 2.32. The third-order valence-electron chi connectivity index (χ3n) is 2.93. The summed E-state index contributed by atoms with van der Waals surface area (Å²) in [5, 5.41) is 8.74. The number of aliphatic carboxylic acids is 1. The fourth-order valence-electron chi connectivity index (χ4n) is 1.37. The van der Waals surface area contributed by atoms with Gasteiger partial charge in [0.1, 0.15) is 0 Å². The average molecular weight is 172 g/mol. The average Bonchev–Trinajstić information content (AvgIpc) is 2.04. The summed E-state index contributed by atoms with van der Waals surface area (Å²) in [5.41, 5.74) is 0.206. The maximum atomic E-state index is 10.6. The summed E-state index contributed by atoms with van der Waals surface area (Å²) in [5.74, 6) is -0.891. The molecule has 0 aliphatic carbocycles. The van der Waals surface area contributed by atoms with E-state index in [9.17, 15) is 4.79 Å². The highest BCUT2D eigenvalue weighted by molar-refractivity contribution is 5.69. The monoisotopic (exact) mass is 172 g/mol. The van der Waals surface area contributed by atoms with E-state index in [-0.39, 0.29) is 11.3 Å². The molecule has 1 atom stereocenters. The second-order valence-electron chi connectivity index (χ2n) is 3.96. The van der Waals surface area contributed by atoms with Gasteiger partial charge in [0.2, 0.25) is 0 Å². The fraction of sp³-hybridized carbons (Fsp3) is 0.900. The summed E-state index contributed by atoms with van der Waals surface area (Å²) in [6.07, 6.45) is 2.90. The molecule has 1 N–H and O–H groups in total. The van der Waals surface area contributed by atoms with Crippen molar-refractivity contribution >= 4 is 5.97 Å². The Hall–Kier alpha value is -0.530. The van der Waals surface area contributed by atoms with Crippen molar-refractivity contribution in [2.75, 3.05) is 0 Å². The molecular formula is C10H20O2. The Morgan fingerprint density at radius 1 is 1.42 bits per heavy atom. The molecule has 0 aromatic heterocycles. The normalized spacial score (nSPS) is 14.3. The molecule has 72 valence electrons. The van der Waals surface area contributed by atoms with Gasteiger partial charge in [-0.25, -0.2) is 0 Å². The third kappa shape index (κ3) is 3.24. The van der Waals surface area contributed by atoms with Crippen LogP contribution in [-0.2, 0) is 4.79 Å². The van der Waals surface area contributed by atoms with Crippen molar-refractivity contribution in [3.63, 3.8) is 0 Å². The quantitative estimate of drug-likeness (QED) is 0.692. The molecule has 0 rings (SSSR count). The Morgan fingerprint density at radius 3 is 2.08 bits per heavy atom. The molecule has 0 unspecified atom stereocenters. The minimum atomic E-state index is -0.678. The van der Waals surface area contributed by atoms with E-state index in [0.717, 1.165) is 19.3 Å². The molecule has 0 spiro atoms. The number of carbonyl (C=O) groups is 1. The van der Waals surface area contributed by atoms with Crippen LogP contribution in [0.3, 0.4) is 0 Å². The van der Waals surface area contributed by atoms with Crippen LogP contribution in [0.5, 0.6) is 0 Å². The standard InChI is InChI=1S/C10H20O2/c1-5-10(4,6-2)7-8(3)9(11)12/h8H,5-7H2,1-4H3,(H,11,12)/t8-/m0/s1. The van der Waals surface area contributed by atoms with Gasteiger partial charge in [0, 0.05) is 0 Å². The first-order chi connectivity index (χ1) is 5.45. The van der Waals surface area contributed by atoms with Crippen LogP contribution in [0.4, 0.5) is 0 Å². The first-order valence-corrected chi connectivity index (χ1v) is 4.68. The van der Waals surface area contributed by atoms with Crippen molar-refractivity contribution in [3.05, 3.63) is 0 Å². The van der Waals surface area contributed by atoms with Gasteiger partial charge >= 0.3 is 5.97 Å². The van der Waals surface area contributed by atoms with E-state index < -0.39 is 5.97 Å². The van der Waals surface area contributed by atoms with E-state index in [1.54, 1.807) is 6.92 Å². The SMILES string of the molecule is CCC(C)(CC)C[C@H](C)C(=O)O. The second-order valence-corrected chi connectivity index (χ2v) is 3.96. The fourth-order valence-corrected chi connectivity index (χ4v) is 1.37. The Labute approximate surface area is 75.0 Å². The van der Waals surface area contributed by atoms with Gasteiger partial charge < -0.3 is 5.11 Å². The van der Waals surface area contributed by atoms with Crippen molar-refractivity contribution in [1.82, 2.24) is 0 Å². The Morgan fingerprint density at radius 2 is 1.83 bits per heavy atom. The lowest BCUT2D eigenvalue weighted by Crippen LogP contribution is -2.22. The van der Waals surface area contributed by atoms with Gasteiger partial charge in [-0.05, 0) is 11.8 Å². The summed E-state index contributed by atoms with van der Waals surface area (Å²) < 4.78 is 0. The first kappa shape index (κ1) is 11.5. The van der Waals surface area contributed by atoms with Gasteiger partial charge in [0.05, 0.1) is 5.92 Å². The molecule has 0 aromatic carbocycles. The van der Waals surface area contributed by atoms with Crippen molar-refractivity contribution < 1.29 is 9.90 Å². The smallest absolute Gasteiger partial charge is 0.306 e. The predicted octanol–water partition coefficient (Wildman–Crippen LogP) is 2.92. The highest BCUT2D eigenvalue weighted by atomic mass is 16.4. The van der Waals surface area contributed by atoms with Crippen molar-refractivity contribution in [2.24, 2.45) is 11.3 Å². The molecule has 0 bridgehead atoms. The van der Waals surface area contributed by atoms with E-state index in [1.807, 2.05) is 0 Å². The predicted molar refractivity (Wildman–Crippen MR) is 50.1 cm³/mol. The number of hydrogen-bond acceptors (Lipinski definition) is 1.